The van der Waals surface area contributed by atoms with Crippen LogP contribution in [0.4, 0.5) is 4.39 Å². The summed E-state index contributed by atoms with van der Waals surface area (Å²) in [5.41, 5.74) is 0.741. The van der Waals surface area contributed by atoms with Crippen molar-refractivity contribution in [2.45, 2.75) is 25.3 Å². The van der Waals surface area contributed by atoms with E-state index in [0.29, 0.717) is 18.0 Å². The van der Waals surface area contributed by atoms with Gasteiger partial charge in [0.15, 0.2) is 0 Å². The number of nitrogens with one attached hydrogen (secondary N) is 1. The van der Waals surface area contributed by atoms with Crippen molar-refractivity contribution >= 4 is 5.91 Å². The molecule has 128 valence electrons. The van der Waals surface area contributed by atoms with Crippen molar-refractivity contribution in [2.24, 2.45) is 0 Å². The summed E-state index contributed by atoms with van der Waals surface area (Å²) in [7, 11) is 0. The van der Waals surface area contributed by atoms with Crippen molar-refractivity contribution in [3.63, 3.8) is 0 Å². The molecule has 0 saturated carbocycles. The number of carbonyl (C=O) groups is 1. The summed E-state index contributed by atoms with van der Waals surface area (Å²) in [5, 5.41) is 14.5. The van der Waals surface area contributed by atoms with Crippen LogP contribution in [0.3, 0.4) is 0 Å². The first-order valence-electron chi connectivity index (χ1n) is 8.12. The van der Waals surface area contributed by atoms with Crippen molar-refractivity contribution < 1.29 is 13.6 Å². The van der Waals surface area contributed by atoms with E-state index in [2.05, 4.69) is 20.4 Å². The van der Waals surface area contributed by atoms with Crippen molar-refractivity contribution in [3.05, 3.63) is 53.9 Å². The Hall–Kier alpha value is -3.03. The first kappa shape index (κ1) is 15.5. The van der Waals surface area contributed by atoms with E-state index < -0.39 is 5.82 Å². The second-order valence-corrected chi connectivity index (χ2v) is 5.92. The van der Waals surface area contributed by atoms with E-state index in [0.717, 1.165) is 19.3 Å². The minimum absolute atomic E-state index is 0.120. The molecule has 1 unspecified atom stereocenters. The molecule has 25 heavy (non-hydrogen) atoms. The van der Waals surface area contributed by atoms with E-state index in [1.54, 1.807) is 29.3 Å². The smallest absolute Gasteiger partial charge is 0.257 e. The van der Waals surface area contributed by atoms with Gasteiger partial charge in [0.25, 0.3) is 11.8 Å². The third-order valence-electron chi connectivity index (χ3n) is 4.34. The predicted octanol–water partition coefficient (Wildman–Crippen LogP) is 2.97. The standard InChI is InChI=1S/C17H16FN5O2/c18-13-6-2-1-5-12(13)15-21-22-16(25-15)14-7-3-4-8-23(14)17(24)11-9-19-20-10-11/h1-2,5-6,9-10,14H,3-4,7-8H2,(H,19,20). The van der Waals surface area contributed by atoms with Gasteiger partial charge in [0.05, 0.1) is 17.3 Å². The fourth-order valence-electron chi connectivity index (χ4n) is 3.08. The predicted molar refractivity (Wildman–Crippen MR) is 85.9 cm³/mol. The second kappa shape index (κ2) is 6.46. The molecule has 3 aromatic rings. The van der Waals surface area contributed by atoms with Gasteiger partial charge in [-0.1, -0.05) is 12.1 Å². The highest BCUT2D eigenvalue weighted by molar-refractivity contribution is 5.94. The number of aromatic amines is 1. The first-order chi connectivity index (χ1) is 12.2. The van der Waals surface area contributed by atoms with Crippen molar-refractivity contribution in [1.82, 2.24) is 25.3 Å². The number of aromatic nitrogens is 4. The third-order valence-corrected chi connectivity index (χ3v) is 4.34. The molecule has 1 aliphatic rings. The number of rotatable bonds is 3. The Morgan fingerprint density at radius 3 is 2.96 bits per heavy atom. The summed E-state index contributed by atoms with van der Waals surface area (Å²) >= 11 is 0. The number of amides is 1. The molecule has 0 bridgehead atoms. The summed E-state index contributed by atoms with van der Waals surface area (Å²) in [4.78, 5) is 14.4. The lowest BCUT2D eigenvalue weighted by Gasteiger charge is -2.33. The summed E-state index contributed by atoms with van der Waals surface area (Å²) < 4.78 is 19.6. The highest BCUT2D eigenvalue weighted by atomic mass is 19.1. The average Bonchev–Trinajstić information content (AvgIpc) is 3.34. The van der Waals surface area contributed by atoms with Gasteiger partial charge < -0.3 is 9.32 Å². The normalized spacial score (nSPS) is 17.6. The van der Waals surface area contributed by atoms with Crippen LogP contribution in [0.1, 0.15) is 41.6 Å². The molecule has 1 saturated heterocycles. The lowest BCUT2D eigenvalue weighted by Crippen LogP contribution is -2.38. The molecule has 3 heterocycles. The zero-order valence-electron chi connectivity index (χ0n) is 13.4. The monoisotopic (exact) mass is 341 g/mol. The van der Waals surface area contributed by atoms with Crippen LogP contribution in [0.25, 0.3) is 11.5 Å². The molecule has 1 aliphatic heterocycles. The zero-order valence-corrected chi connectivity index (χ0v) is 13.4. The van der Waals surface area contributed by atoms with Gasteiger partial charge in [-0.05, 0) is 31.4 Å². The van der Waals surface area contributed by atoms with E-state index in [1.165, 1.54) is 12.3 Å². The van der Waals surface area contributed by atoms with Crippen LogP contribution >= 0.6 is 0 Å². The quantitative estimate of drug-likeness (QED) is 0.791. The molecule has 0 aliphatic carbocycles. The maximum atomic E-state index is 13.9. The Bertz CT molecular complexity index is 877. The molecule has 1 fully saturated rings. The van der Waals surface area contributed by atoms with Gasteiger partial charge >= 0.3 is 0 Å². The second-order valence-electron chi connectivity index (χ2n) is 5.92. The molecule has 1 N–H and O–H groups in total. The van der Waals surface area contributed by atoms with Crippen LogP contribution in [0.2, 0.25) is 0 Å². The largest absolute Gasteiger partial charge is 0.418 e. The van der Waals surface area contributed by atoms with Crippen LogP contribution in [0.15, 0.2) is 41.1 Å². The maximum absolute atomic E-state index is 13.9. The molecular weight excluding hydrogens is 325 g/mol. The number of likely N-dealkylation sites (tertiary alicyclic amines) is 1. The Labute approximate surface area is 142 Å². The Morgan fingerprint density at radius 1 is 1.28 bits per heavy atom. The number of nitrogens with zero attached hydrogens (tertiary/aromatic N) is 4. The van der Waals surface area contributed by atoms with Crippen molar-refractivity contribution in [3.8, 4) is 11.5 Å². The molecule has 2 aromatic heterocycles. The van der Waals surface area contributed by atoms with Gasteiger partial charge in [-0.3, -0.25) is 9.89 Å². The molecule has 0 radical (unpaired) electrons. The van der Waals surface area contributed by atoms with Crippen LogP contribution in [0.5, 0.6) is 0 Å². The molecule has 1 aromatic carbocycles. The van der Waals surface area contributed by atoms with Crippen LogP contribution in [-0.4, -0.2) is 37.7 Å². The number of hydrogen-bond acceptors (Lipinski definition) is 5. The van der Waals surface area contributed by atoms with E-state index >= 15 is 0 Å². The van der Waals surface area contributed by atoms with Crippen molar-refractivity contribution in [1.29, 1.82) is 0 Å². The van der Waals surface area contributed by atoms with E-state index in [-0.39, 0.29) is 23.4 Å². The number of hydrogen-bond donors (Lipinski definition) is 1. The zero-order chi connectivity index (χ0) is 17.2. The first-order valence-corrected chi connectivity index (χ1v) is 8.12. The summed E-state index contributed by atoms with van der Waals surface area (Å²) in [6, 6.07) is 5.92. The van der Waals surface area contributed by atoms with E-state index in [9.17, 15) is 9.18 Å². The fourth-order valence-corrected chi connectivity index (χ4v) is 3.08. The topological polar surface area (TPSA) is 87.9 Å². The minimum atomic E-state index is -0.423. The SMILES string of the molecule is O=C(c1cn[nH]c1)N1CCCCC1c1nnc(-c2ccccc2F)o1. The number of H-pyrrole nitrogens is 1. The summed E-state index contributed by atoms with van der Waals surface area (Å²) in [6.45, 7) is 0.603. The highest BCUT2D eigenvalue weighted by Crippen LogP contribution is 2.33. The lowest BCUT2D eigenvalue weighted by atomic mass is 10.0. The lowest BCUT2D eigenvalue weighted by molar-refractivity contribution is 0.0572. The summed E-state index contributed by atoms with van der Waals surface area (Å²) in [6.07, 6.45) is 5.65. The number of piperidine rings is 1. The molecule has 1 atom stereocenters. The van der Waals surface area contributed by atoms with Crippen LogP contribution < -0.4 is 0 Å². The molecule has 7 nitrogen and oxygen atoms in total. The average molecular weight is 341 g/mol. The van der Waals surface area contributed by atoms with Gasteiger partial charge in [-0.2, -0.15) is 5.10 Å². The minimum Gasteiger partial charge on any atom is -0.418 e. The Morgan fingerprint density at radius 2 is 2.16 bits per heavy atom. The maximum Gasteiger partial charge on any atom is 0.257 e. The van der Waals surface area contributed by atoms with E-state index in [1.807, 2.05) is 0 Å². The molecule has 4 rings (SSSR count). The number of benzene rings is 1. The van der Waals surface area contributed by atoms with Gasteiger partial charge in [0.2, 0.25) is 5.89 Å². The van der Waals surface area contributed by atoms with Crippen LogP contribution in [0, 0.1) is 5.82 Å². The van der Waals surface area contributed by atoms with Gasteiger partial charge in [-0.25, -0.2) is 4.39 Å². The molecule has 8 heteroatoms. The number of halogens is 1. The summed E-state index contributed by atoms with van der Waals surface area (Å²) in [5.74, 6) is -0.110. The van der Waals surface area contributed by atoms with Gasteiger partial charge in [0, 0.05) is 12.7 Å². The third kappa shape index (κ3) is 2.90. The van der Waals surface area contributed by atoms with Crippen LogP contribution in [-0.2, 0) is 0 Å². The van der Waals surface area contributed by atoms with Crippen molar-refractivity contribution in [2.75, 3.05) is 6.54 Å². The van der Waals surface area contributed by atoms with Gasteiger partial charge in [0.1, 0.15) is 11.9 Å². The Balaban J connectivity index is 1.63. The van der Waals surface area contributed by atoms with E-state index in [4.69, 9.17) is 4.42 Å². The Kier molecular flexibility index (Phi) is 4.01. The molecular formula is C17H16FN5O2. The highest BCUT2D eigenvalue weighted by Gasteiger charge is 2.33. The van der Waals surface area contributed by atoms with Gasteiger partial charge in [-0.15, -0.1) is 10.2 Å². The molecule has 0 spiro atoms. The number of carbonyl (C=O) groups excluding carboxylic acids is 1. The fraction of sp³-hybridized carbons (Fsp3) is 0.294. The molecule has 1 amide bonds.